The molecule has 0 radical (unpaired) electrons. The number of rotatable bonds is 5. The lowest BCUT2D eigenvalue weighted by Crippen LogP contribution is -2.41. The molecule has 0 atom stereocenters. The van der Waals surface area contributed by atoms with Gasteiger partial charge in [0, 0.05) is 17.1 Å². The van der Waals surface area contributed by atoms with Crippen LogP contribution < -0.4 is 21.3 Å². The number of anilines is 1. The van der Waals surface area contributed by atoms with Crippen molar-refractivity contribution in [3.8, 4) is 5.75 Å². The van der Waals surface area contributed by atoms with Gasteiger partial charge in [-0.3, -0.25) is 18.7 Å². The van der Waals surface area contributed by atoms with E-state index in [0.717, 1.165) is 24.4 Å². The smallest absolute Gasteiger partial charge is 0.332 e. The van der Waals surface area contributed by atoms with Crippen LogP contribution in [0.3, 0.4) is 0 Å². The molecule has 0 unspecified atom stereocenters. The summed E-state index contributed by atoms with van der Waals surface area (Å²) in [7, 11) is 1.56. The maximum absolute atomic E-state index is 12.8. The number of amides is 1. The van der Waals surface area contributed by atoms with Crippen molar-refractivity contribution in [3.63, 3.8) is 0 Å². The first-order valence-corrected chi connectivity index (χ1v) is 8.95. The van der Waals surface area contributed by atoms with E-state index in [1.54, 1.807) is 36.8 Å². The molecule has 0 spiro atoms. The van der Waals surface area contributed by atoms with Gasteiger partial charge in [-0.25, -0.2) is 4.79 Å². The van der Waals surface area contributed by atoms with Crippen molar-refractivity contribution < 1.29 is 9.53 Å². The fourth-order valence-electron chi connectivity index (χ4n) is 2.83. The maximum Gasteiger partial charge on any atom is 0.332 e. The van der Waals surface area contributed by atoms with Gasteiger partial charge in [0.1, 0.15) is 12.3 Å². The Morgan fingerprint density at radius 2 is 2.04 bits per heavy atom. The van der Waals surface area contributed by atoms with E-state index in [1.807, 2.05) is 0 Å². The number of hydrogen-bond acceptors (Lipinski definition) is 6. The minimum Gasteiger partial charge on any atom is -0.497 e. The minimum atomic E-state index is -0.463. The highest BCUT2D eigenvalue weighted by Gasteiger charge is 2.29. The average Bonchev–Trinajstić information content (AvgIpc) is 3.34. The third-order valence-electron chi connectivity index (χ3n) is 4.29. The van der Waals surface area contributed by atoms with Gasteiger partial charge >= 0.3 is 5.69 Å². The number of benzene rings is 1. The zero-order chi connectivity index (χ0) is 18.3. The average molecular weight is 372 g/mol. The van der Waals surface area contributed by atoms with Crippen LogP contribution in [-0.2, 0) is 11.3 Å². The largest absolute Gasteiger partial charge is 0.497 e. The summed E-state index contributed by atoms with van der Waals surface area (Å²) in [6, 6.07) is 6.81. The molecule has 1 aromatic carbocycles. The summed E-state index contributed by atoms with van der Waals surface area (Å²) in [5.74, 6) is 0.326. The Morgan fingerprint density at radius 3 is 2.69 bits per heavy atom. The molecule has 9 heteroatoms. The second-order valence-electron chi connectivity index (χ2n) is 6.10. The zero-order valence-electron chi connectivity index (χ0n) is 14.0. The van der Waals surface area contributed by atoms with Crippen LogP contribution in [0, 0.1) is 0 Å². The normalized spacial score (nSPS) is 13.7. The number of carbonyl (C=O) groups is 1. The van der Waals surface area contributed by atoms with E-state index in [0.29, 0.717) is 17.0 Å². The molecular formula is C17H16N4O4S. The maximum atomic E-state index is 12.8. The molecule has 1 saturated carbocycles. The zero-order valence-corrected chi connectivity index (χ0v) is 14.8. The molecule has 1 amide bonds. The van der Waals surface area contributed by atoms with Gasteiger partial charge in [-0.1, -0.05) is 0 Å². The van der Waals surface area contributed by atoms with E-state index >= 15 is 0 Å². The number of fused-ring (bicyclic) bond motifs is 1. The van der Waals surface area contributed by atoms with Crippen molar-refractivity contribution in [1.29, 1.82) is 0 Å². The second kappa shape index (κ2) is 6.41. The lowest BCUT2D eigenvalue weighted by molar-refractivity contribution is -0.116. The SMILES string of the molecule is COc1ccc(NC(=O)Cn2c(=O)n(C3CC3)c(=O)c3nscc32)cc1. The Balaban J connectivity index is 1.66. The number of hydrogen-bond donors (Lipinski definition) is 1. The summed E-state index contributed by atoms with van der Waals surface area (Å²) in [6.07, 6.45) is 1.59. The third kappa shape index (κ3) is 2.90. The van der Waals surface area contributed by atoms with Gasteiger partial charge in [-0.05, 0) is 48.6 Å². The van der Waals surface area contributed by atoms with Crippen molar-refractivity contribution in [2.24, 2.45) is 0 Å². The lowest BCUT2D eigenvalue weighted by atomic mass is 10.3. The first-order chi connectivity index (χ1) is 12.6. The first kappa shape index (κ1) is 16.5. The van der Waals surface area contributed by atoms with Gasteiger partial charge in [-0.2, -0.15) is 4.37 Å². The molecular weight excluding hydrogens is 356 g/mol. The van der Waals surface area contributed by atoms with E-state index in [-0.39, 0.29) is 29.6 Å². The number of nitrogens with zero attached hydrogens (tertiary/aromatic N) is 3. The van der Waals surface area contributed by atoms with Crippen molar-refractivity contribution in [2.45, 2.75) is 25.4 Å². The van der Waals surface area contributed by atoms with Crippen LogP contribution in [0.5, 0.6) is 5.75 Å². The van der Waals surface area contributed by atoms with E-state index in [2.05, 4.69) is 9.69 Å². The number of ether oxygens (including phenoxy) is 1. The molecule has 26 heavy (non-hydrogen) atoms. The molecule has 2 aromatic heterocycles. The number of aromatic nitrogens is 3. The minimum absolute atomic E-state index is 0.0861. The van der Waals surface area contributed by atoms with E-state index < -0.39 is 5.69 Å². The van der Waals surface area contributed by atoms with Crippen LogP contribution >= 0.6 is 11.5 Å². The van der Waals surface area contributed by atoms with Gasteiger partial charge < -0.3 is 10.1 Å². The van der Waals surface area contributed by atoms with Gasteiger partial charge in [0.25, 0.3) is 5.56 Å². The molecule has 134 valence electrons. The Bertz CT molecular complexity index is 1090. The number of methoxy groups -OCH3 is 1. The van der Waals surface area contributed by atoms with Gasteiger partial charge in [0.05, 0.1) is 12.6 Å². The molecule has 4 rings (SSSR count). The molecule has 3 aromatic rings. The van der Waals surface area contributed by atoms with Gasteiger partial charge in [-0.15, -0.1) is 0 Å². The van der Waals surface area contributed by atoms with Gasteiger partial charge in [0.2, 0.25) is 5.91 Å². The molecule has 0 bridgehead atoms. The van der Waals surface area contributed by atoms with Crippen molar-refractivity contribution in [3.05, 3.63) is 50.5 Å². The monoisotopic (exact) mass is 372 g/mol. The molecule has 1 fully saturated rings. The first-order valence-electron chi connectivity index (χ1n) is 8.12. The summed E-state index contributed by atoms with van der Waals surface area (Å²) in [5.41, 5.74) is 0.389. The molecule has 2 heterocycles. The highest BCUT2D eigenvalue weighted by atomic mass is 32.1. The summed E-state index contributed by atoms with van der Waals surface area (Å²) >= 11 is 1.10. The topological polar surface area (TPSA) is 95.2 Å². The predicted octanol–water partition coefficient (Wildman–Crippen LogP) is 1.60. The fourth-order valence-corrected chi connectivity index (χ4v) is 3.50. The predicted molar refractivity (Wildman–Crippen MR) is 98.0 cm³/mol. The van der Waals surface area contributed by atoms with E-state index in [4.69, 9.17) is 4.74 Å². The van der Waals surface area contributed by atoms with Crippen LogP contribution in [-0.4, -0.2) is 26.5 Å². The third-order valence-corrected chi connectivity index (χ3v) is 4.90. The van der Waals surface area contributed by atoms with Crippen molar-refractivity contribution in [2.75, 3.05) is 12.4 Å². The molecule has 0 saturated heterocycles. The molecule has 1 aliphatic carbocycles. The Labute approximate surface area is 151 Å². The van der Waals surface area contributed by atoms with Crippen molar-refractivity contribution in [1.82, 2.24) is 13.5 Å². The number of carbonyl (C=O) groups excluding carboxylic acids is 1. The van der Waals surface area contributed by atoms with E-state index in [9.17, 15) is 14.4 Å². The highest BCUT2D eigenvalue weighted by Crippen LogP contribution is 2.32. The van der Waals surface area contributed by atoms with Crippen LogP contribution in [0.25, 0.3) is 11.0 Å². The van der Waals surface area contributed by atoms with Crippen LogP contribution in [0.1, 0.15) is 18.9 Å². The lowest BCUT2D eigenvalue weighted by Gasteiger charge is -2.11. The summed E-state index contributed by atoms with van der Waals surface area (Å²) in [6.45, 7) is -0.188. The Hall–Kier alpha value is -2.94. The second-order valence-corrected chi connectivity index (χ2v) is 6.73. The molecule has 8 nitrogen and oxygen atoms in total. The Morgan fingerprint density at radius 1 is 1.31 bits per heavy atom. The Kier molecular flexibility index (Phi) is 4.08. The summed E-state index contributed by atoms with van der Waals surface area (Å²) in [4.78, 5) is 37.7. The summed E-state index contributed by atoms with van der Waals surface area (Å²) < 4.78 is 11.7. The van der Waals surface area contributed by atoms with Crippen LogP contribution in [0.2, 0.25) is 0 Å². The number of nitrogens with one attached hydrogen (secondary N) is 1. The highest BCUT2D eigenvalue weighted by molar-refractivity contribution is 7.04. The molecule has 1 N–H and O–H groups in total. The molecule has 1 aliphatic rings. The van der Waals surface area contributed by atoms with Crippen LogP contribution in [0.4, 0.5) is 5.69 Å². The van der Waals surface area contributed by atoms with Crippen LogP contribution in [0.15, 0.2) is 39.2 Å². The standard InChI is InChI=1S/C17H16N4O4S/c1-25-12-6-2-10(3-7-12)18-14(22)8-20-13-9-26-19-15(13)16(23)21(17(20)24)11-4-5-11/h2-3,6-7,9,11H,4-5,8H2,1H3,(H,18,22). The van der Waals surface area contributed by atoms with E-state index in [1.165, 1.54) is 9.13 Å². The van der Waals surface area contributed by atoms with Crippen molar-refractivity contribution >= 4 is 34.2 Å². The molecule has 0 aliphatic heterocycles. The van der Waals surface area contributed by atoms with Gasteiger partial charge in [0.15, 0.2) is 5.52 Å². The fraction of sp³-hybridized carbons (Fsp3) is 0.294. The summed E-state index contributed by atoms with van der Waals surface area (Å²) in [5, 5.41) is 4.37. The quantitative estimate of drug-likeness (QED) is 0.734.